The van der Waals surface area contributed by atoms with Gasteiger partial charge in [0.25, 0.3) is 0 Å². The van der Waals surface area contributed by atoms with E-state index < -0.39 is 0 Å². The molecule has 0 saturated heterocycles. The predicted octanol–water partition coefficient (Wildman–Crippen LogP) is 3.64. The number of aromatic nitrogens is 1. The molecule has 0 saturated carbocycles. The van der Waals surface area contributed by atoms with Crippen LogP contribution < -0.4 is 4.90 Å². The number of nitrogens with one attached hydrogen (secondary N) is 1. The Bertz CT molecular complexity index is 684. The van der Waals surface area contributed by atoms with Crippen LogP contribution in [0.2, 0.25) is 0 Å². The average molecular weight is 256 g/mol. The number of nitrogens with zero attached hydrogens (tertiary/aromatic N) is 1. The second kappa shape index (κ2) is 3.86. The Hall–Kier alpha value is -1.77. The molecule has 0 fully saturated rings. The normalized spacial score (nSPS) is 22.1. The van der Waals surface area contributed by atoms with Crippen LogP contribution in [0.15, 0.2) is 12.1 Å². The first kappa shape index (κ1) is 12.3. The Morgan fingerprint density at radius 1 is 1.26 bits per heavy atom. The number of hydrogen-bond acceptors (Lipinski definition) is 1. The molecule has 0 spiro atoms. The molecule has 19 heavy (non-hydrogen) atoms. The van der Waals surface area contributed by atoms with Gasteiger partial charge in [-0.1, -0.05) is 6.92 Å². The molecule has 1 aliphatic rings. The van der Waals surface area contributed by atoms with Gasteiger partial charge in [-0.25, -0.2) is 0 Å². The van der Waals surface area contributed by atoms with E-state index in [-0.39, 0.29) is 11.9 Å². The molecular weight excluding hydrogens is 236 g/mol. The Labute approximate surface area is 113 Å². The fraction of sp³-hybridized carbons (Fsp3) is 0.438. The third-order valence-electron chi connectivity index (χ3n) is 4.68. The molecule has 3 rings (SSSR count). The van der Waals surface area contributed by atoms with Crippen LogP contribution in [0.1, 0.15) is 43.5 Å². The van der Waals surface area contributed by atoms with Crippen molar-refractivity contribution in [2.75, 3.05) is 4.90 Å². The molecule has 1 N–H and O–H groups in total. The van der Waals surface area contributed by atoms with Gasteiger partial charge in [0.1, 0.15) is 0 Å². The maximum atomic E-state index is 11.9. The first-order chi connectivity index (χ1) is 8.91. The van der Waals surface area contributed by atoms with Crippen LogP contribution >= 0.6 is 0 Å². The number of benzene rings is 1. The highest BCUT2D eigenvalue weighted by molar-refractivity contribution is 5.99. The highest BCUT2D eigenvalue weighted by Gasteiger charge is 2.35. The Kier molecular flexibility index (Phi) is 2.49. The van der Waals surface area contributed by atoms with Gasteiger partial charge in [0.05, 0.1) is 0 Å². The molecule has 1 aliphatic heterocycles. The second-order valence-electron chi connectivity index (χ2n) is 5.75. The van der Waals surface area contributed by atoms with E-state index in [4.69, 9.17) is 0 Å². The minimum Gasteiger partial charge on any atom is -0.358 e. The first-order valence-electron chi connectivity index (χ1n) is 6.84. The van der Waals surface area contributed by atoms with Crippen LogP contribution in [0.5, 0.6) is 0 Å². The van der Waals surface area contributed by atoms with Crippen molar-refractivity contribution in [3.8, 4) is 0 Å². The summed E-state index contributed by atoms with van der Waals surface area (Å²) in [6.07, 6.45) is 0. The minimum absolute atomic E-state index is 0.127. The maximum Gasteiger partial charge on any atom is 0.224 e. The van der Waals surface area contributed by atoms with Crippen molar-refractivity contribution in [2.45, 2.75) is 46.6 Å². The SMILES string of the molecule is CC(=O)N1c2cc3c(C)c(C)[nH]c3cc2C(C)C1C. The summed E-state index contributed by atoms with van der Waals surface area (Å²) in [5, 5.41) is 1.23. The summed E-state index contributed by atoms with van der Waals surface area (Å²) in [5.74, 6) is 0.509. The van der Waals surface area contributed by atoms with Crippen LogP contribution in [0.4, 0.5) is 5.69 Å². The second-order valence-corrected chi connectivity index (χ2v) is 5.75. The fourth-order valence-corrected chi connectivity index (χ4v) is 3.25. The smallest absolute Gasteiger partial charge is 0.224 e. The van der Waals surface area contributed by atoms with Gasteiger partial charge in [-0.2, -0.15) is 0 Å². The van der Waals surface area contributed by atoms with Crippen molar-refractivity contribution in [3.05, 3.63) is 29.0 Å². The molecule has 2 heterocycles. The lowest BCUT2D eigenvalue weighted by molar-refractivity contribution is -0.116. The lowest BCUT2D eigenvalue weighted by Crippen LogP contribution is -2.34. The van der Waals surface area contributed by atoms with Crippen LogP contribution in [0, 0.1) is 13.8 Å². The predicted molar refractivity (Wildman–Crippen MR) is 78.8 cm³/mol. The lowest BCUT2D eigenvalue weighted by atomic mass is 9.97. The van der Waals surface area contributed by atoms with Crippen molar-refractivity contribution in [1.29, 1.82) is 0 Å². The molecule has 1 aromatic heterocycles. The third kappa shape index (κ3) is 1.54. The van der Waals surface area contributed by atoms with Crippen molar-refractivity contribution in [1.82, 2.24) is 4.98 Å². The number of carbonyl (C=O) groups is 1. The van der Waals surface area contributed by atoms with Gasteiger partial charge in [0.15, 0.2) is 0 Å². The number of fused-ring (bicyclic) bond motifs is 2. The van der Waals surface area contributed by atoms with Gasteiger partial charge in [-0.3, -0.25) is 4.79 Å². The zero-order chi connectivity index (χ0) is 13.9. The van der Waals surface area contributed by atoms with E-state index in [0.717, 1.165) is 5.69 Å². The summed E-state index contributed by atoms with van der Waals surface area (Å²) >= 11 is 0. The highest BCUT2D eigenvalue weighted by Crippen LogP contribution is 2.43. The van der Waals surface area contributed by atoms with Gasteiger partial charge < -0.3 is 9.88 Å². The van der Waals surface area contributed by atoms with E-state index in [2.05, 4.69) is 44.8 Å². The van der Waals surface area contributed by atoms with Crippen molar-refractivity contribution in [2.24, 2.45) is 0 Å². The molecule has 2 atom stereocenters. The number of amides is 1. The van der Waals surface area contributed by atoms with Crippen LogP contribution in [-0.4, -0.2) is 16.9 Å². The minimum atomic E-state index is 0.127. The molecule has 100 valence electrons. The van der Waals surface area contributed by atoms with Gasteiger partial charge in [0, 0.05) is 41.2 Å². The molecule has 0 radical (unpaired) electrons. The van der Waals surface area contributed by atoms with Crippen molar-refractivity contribution >= 4 is 22.5 Å². The van der Waals surface area contributed by atoms with E-state index in [1.807, 2.05) is 4.90 Å². The van der Waals surface area contributed by atoms with E-state index in [1.54, 1.807) is 6.92 Å². The third-order valence-corrected chi connectivity index (χ3v) is 4.68. The molecule has 1 amide bonds. The average Bonchev–Trinajstić information content (AvgIpc) is 2.75. The van der Waals surface area contributed by atoms with Gasteiger partial charge in [-0.05, 0) is 44.0 Å². The van der Waals surface area contributed by atoms with Gasteiger partial charge in [-0.15, -0.1) is 0 Å². The van der Waals surface area contributed by atoms with E-state index >= 15 is 0 Å². The number of H-pyrrole nitrogens is 1. The topological polar surface area (TPSA) is 36.1 Å². The summed E-state index contributed by atoms with van der Waals surface area (Å²) in [4.78, 5) is 17.3. The number of hydrogen-bond donors (Lipinski definition) is 1. The number of anilines is 1. The Balaban J connectivity index is 2.30. The zero-order valence-electron chi connectivity index (χ0n) is 12.2. The summed E-state index contributed by atoms with van der Waals surface area (Å²) in [7, 11) is 0. The Morgan fingerprint density at radius 3 is 2.58 bits per heavy atom. The number of rotatable bonds is 0. The molecule has 0 aliphatic carbocycles. The standard InChI is InChI=1S/C16H20N2O/c1-8-10(3)17-15-6-14-9(2)11(4)18(12(5)19)16(14)7-13(8)15/h6-7,9,11,17H,1-5H3. The van der Waals surface area contributed by atoms with E-state index in [1.165, 1.54) is 27.7 Å². The van der Waals surface area contributed by atoms with Crippen molar-refractivity contribution < 1.29 is 4.79 Å². The monoisotopic (exact) mass is 256 g/mol. The fourth-order valence-electron chi connectivity index (χ4n) is 3.25. The summed E-state index contributed by atoms with van der Waals surface area (Å²) in [6.45, 7) is 10.2. The maximum absolute atomic E-state index is 11.9. The zero-order valence-corrected chi connectivity index (χ0v) is 12.2. The number of aryl methyl sites for hydroxylation is 2. The largest absolute Gasteiger partial charge is 0.358 e. The number of carbonyl (C=O) groups excluding carboxylic acids is 1. The molecule has 0 bridgehead atoms. The van der Waals surface area contributed by atoms with E-state index in [9.17, 15) is 4.79 Å². The van der Waals surface area contributed by atoms with Gasteiger partial charge in [0.2, 0.25) is 5.91 Å². The van der Waals surface area contributed by atoms with Crippen LogP contribution in [0.25, 0.3) is 10.9 Å². The number of aromatic amines is 1. The highest BCUT2D eigenvalue weighted by atomic mass is 16.2. The molecular formula is C16H20N2O. The molecule has 2 aromatic rings. The first-order valence-corrected chi connectivity index (χ1v) is 6.84. The summed E-state index contributed by atoms with van der Waals surface area (Å²) in [5.41, 5.74) is 6.01. The summed E-state index contributed by atoms with van der Waals surface area (Å²) in [6, 6.07) is 4.63. The molecule has 3 heteroatoms. The van der Waals surface area contributed by atoms with Crippen molar-refractivity contribution in [3.63, 3.8) is 0 Å². The Morgan fingerprint density at radius 2 is 1.95 bits per heavy atom. The summed E-state index contributed by atoms with van der Waals surface area (Å²) < 4.78 is 0. The van der Waals surface area contributed by atoms with Crippen LogP contribution in [-0.2, 0) is 4.79 Å². The van der Waals surface area contributed by atoms with Crippen LogP contribution in [0.3, 0.4) is 0 Å². The van der Waals surface area contributed by atoms with Gasteiger partial charge >= 0.3 is 0 Å². The quantitative estimate of drug-likeness (QED) is 0.767. The molecule has 2 unspecified atom stereocenters. The molecule has 1 aromatic carbocycles. The van der Waals surface area contributed by atoms with E-state index in [0.29, 0.717) is 5.92 Å². The lowest BCUT2D eigenvalue weighted by Gasteiger charge is -2.22. The molecule has 3 nitrogen and oxygen atoms in total.